The molecule has 1 fully saturated rings. The summed E-state index contributed by atoms with van der Waals surface area (Å²) >= 11 is 0. The van der Waals surface area contributed by atoms with Gasteiger partial charge < -0.3 is 4.74 Å². The number of nitrogens with zero attached hydrogens (tertiary/aromatic N) is 3. The number of hydrogen-bond donors (Lipinski definition) is 0. The summed E-state index contributed by atoms with van der Waals surface area (Å²) in [5, 5.41) is 4.44. The highest BCUT2D eigenvalue weighted by Crippen LogP contribution is 2.26. The van der Waals surface area contributed by atoms with Crippen molar-refractivity contribution >= 4 is 5.65 Å². The molecular weight excluding hydrogens is 190 g/mol. The molecule has 1 atom stereocenters. The fourth-order valence-corrected chi connectivity index (χ4v) is 1.92. The van der Waals surface area contributed by atoms with Crippen LogP contribution in [0.5, 0.6) is 0 Å². The van der Waals surface area contributed by atoms with Crippen LogP contribution in [0.25, 0.3) is 5.65 Å². The van der Waals surface area contributed by atoms with E-state index in [-0.39, 0.29) is 6.10 Å². The van der Waals surface area contributed by atoms with E-state index >= 15 is 0 Å². The molecule has 0 aromatic carbocycles. The zero-order valence-corrected chi connectivity index (χ0v) is 8.68. The van der Waals surface area contributed by atoms with Crippen LogP contribution in [0.4, 0.5) is 0 Å². The van der Waals surface area contributed by atoms with Gasteiger partial charge in [-0.3, -0.25) is 0 Å². The van der Waals surface area contributed by atoms with E-state index in [1.165, 1.54) is 5.56 Å². The van der Waals surface area contributed by atoms with Crippen LogP contribution in [-0.2, 0) is 4.74 Å². The lowest BCUT2D eigenvalue weighted by Crippen LogP contribution is -1.98. The van der Waals surface area contributed by atoms with E-state index in [0.717, 1.165) is 30.9 Å². The number of hydrogen-bond acceptors (Lipinski definition) is 3. The predicted molar refractivity (Wildman–Crippen MR) is 55.7 cm³/mol. The quantitative estimate of drug-likeness (QED) is 0.710. The van der Waals surface area contributed by atoms with Gasteiger partial charge >= 0.3 is 0 Å². The van der Waals surface area contributed by atoms with E-state index in [2.05, 4.69) is 10.1 Å². The largest absolute Gasteiger partial charge is 0.370 e. The van der Waals surface area contributed by atoms with Gasteiger partial charge in [-0.15, -0.1) is 5.10 Å². The van der Waals surface area contributed by atoms with E-state index in [0.29, 0.717) is 0 Å². The standard InChI is InChI=1S/C11H13N3O/c1-8-4-5-10-12-11(13-14(10)7-8)9-3-2-6-15-9/h4-5,7,9H,2-3,6H2,1H3. The molecule has 0 radical (unpaired) electrons. The number of ether oxygens (including phenoxy) is 1. The highest BCUT2D eigenvalue weighted by molar-refractivity contribution is 5.38. The van der Waals surface area contributed by atoms with Gasteiger partial charge in [0.25, 0.3) is 0 Å². The van der Waals surface area contributed by atoms with Gasteiger partial charge in [0, 0.05) is 12.8 Å². The van der Waals surface area contributed by atoms with Gasteiger partial charge in [-0.25, -0.2) is 9.50 Å². The lowest BCUT2D eigenvalue weighted by molar-refractivity contribution is 0.105. The normalized spacial score (nSPS) is 21.3. The molecule has 1 saturated heterocycles. The van der Waals surface area contributed by atoms with Crippen molar-refractivity contribution in [3.8, 4) is 0 Å². The van der Waals surface area contributed by atoms with Gasteiger partial charge in [0.2, 0.25) is 0 Å². The van der Waals surface area contributed by atoms with Crippen LogP contribution < -0.4 is 0 Å². The van der Waals surface area contributed by atoms with Crippen molar-refractivity contribution in [1.82, 2.24) is 14.6 Å². The zero-order valence-electron chi connectivity index (χ0n) is 8.68. The Labute approximate surface area is 87.9 Å². The van der Waals surface area contributed by atoms with E-state index in [1.807, 2.05) is 29.8 Å². The molecule has 1 unspecified atom stereocenters. The van der Waals surface area contributed by atoms with Gasteiger partial charge in [-0.2, -0.15) is 0 Å². The summed E-state index contributed by atoms with van der Waals surface area (Å²) in [5.41, 5.74) is 2.08. The lowest BCUT2D eigenvalue weighted by Gasteiger charge is -2.01. The summed E-state index contributed by atoms with van der Waals surface area (Å²) in [6, 6.07) is 4.03. The molecule has 0 amide bonds. The van der Waals surface area contributed by atoms with Crippen molar-refractivity contribution in [2.24, 2.45) is 0 Å². The molecule has 2 aromatic rings. The monoisotopic (exact) mass is 203 g/mol. The Kier molecular flexibility index (Phi) is 1.95. The fraction of sp³-hybridized carbons (Fsp3) is 0.455. The van der Waals surface area contributed by atoms with Crippen LogP contribution in [0.3, 0.4) is 0 Å². The molecule has 1 aliphatic rings. The average Bonchev–Trinajstić information content (AvgIpc) is 2.84. The Balaban J connectivity index is 2.05. The molecule has 78 valence electrons. The number of fused-ring (bicyclic) bond motifs is 1. The number of pyridine rings is 1. The second-order valence-corrected chi connectivity index (χ2v) is 3.98. The number of aryl methyl sites for hydroxylation is 1. The second-order valence-electron chi connectivity index (χ2n) is 3.98. The fourth-order valence-electron chi connectivity index (χ4n) is 1.92. The topological polar surface area (TPSA) is 39.4 Å². The van der Waals surface area contributed by atoms with Crippen LogP contribution in [0.2, 0.25) is 0 Å². The third-order valence-electron chi connectivity index (χ3n) is 2.71. The lowest BCUT2D eigenvalue weighted by atomic mass is 10.2. The number of aromatic nitrogens is 3. The van der Waals surface area contributed by atoms with E-state index < -0.39 is 0 Å². The molecule has 3 heterocycles. The average molecular weight is 203 g/mol. The highest BCUT2D eigenvalue weighted by atomic mass is 16.5. The Morgan fingerprint density at radius 1 is 1.47 bits per heavy atom. The smallest absolute Gasteiger partial charge is 0.180 e. The molecule has 15 heavy (non-hydrogen) atoms. The maximum Gasteiger partial charge on any atom is 0.180 e. The summed E-state index contributed by atoms with van der Waals surface area (Å²) in [6.45, 7) is 2.88. The minimum absolute atomic E-state index is 0.102. The molecular formula is C11H13N3O. The zero-order chi connectivity index (χ0) is 10.3. The van der Waals surface area contributed by atoms with Gasteiger partial charge in [0.1, 0.15) is 6.10 Å². The molecule has 2 aromatic heterocycles. The van der Waals surface area contributed by atoms with Gasteiger partial charge in [0.15, 0.2) is 11.5 Å². The van der Waals surface area contributed by atoms with Crippen molar-refractivity contribution in [1.29, 1.82) is 0 Å². The van der Waals surface area contributed by atoms with Crippen LogP contribution >= 0.6 is 0 Å². The molecule has 4 heteroatoms. The summed E-state index contributed by atoms with van der Waals surface area (Å²) in [5.74, 6) is 0.818. The highest BCUT2D eigenvalue weighted by Gasteiger charge is 2.21. The van der Waals surface area contributed by atoms with Gasteiger partial charge in [-0.05, 0) is 31.4 Å². The molecule has 0 bridgehead atoms. The van der Waals surface area contributed by atoms with Gasteiger partial charge in [0.05, 0.1) is 0 Å². The van der Waals surface area contributed by atoms with Crippen LogP contribution in [0.15, 0.2) is 18.3 Å². The first-order valence-electron chi connectivity index (χ1n) is 5.27. The van der Waals surface area contributed by atoms with Crippen molar-refractivity contribution in [2.75, 3.05) is 6.61 Å². The van der Waals surface area contributed by atoms with Crippen LogP contribution in [-0.4, -0.2) is 21.2 Å². The first-order chi connectivity index (χ1) is 7.33. The summed E-state index contributed by atoms with van der Waals surface area (Å²) in [4.78, 5) is 4.46. The molecule has 0 N–H and O–H groups in total. The van der Waals surface area contributed by atoms with Crippen LogP contribution in [0, 0.1) is 6.92 Å². The molecule has 0 spiro atoms. The van der Waals surface area contributed by atoms with E-state index in [4.69, 9.17) is 4.74 Å². The third kappa shape index (κ3) is 1.51. The van der Waals surface area contributed by atoms with Crippen molar-refractivity contribution in [2.45, 2.75) is 25.9 Å². The van der Waals surface area contributed by atoms with Crippen molar-refractivity contribution in [3.63, 3.8) is 0 Å². The summed E-state index contributed by atoms with van der Waals surface area (Å²) in [6.07, 6.45) is 4.24. The summed E-state index contributed by atoms with van der Waals surface area (Å²) in [7, 11) is 0. The van der Waals surface area contributed by atoms with E-state index in [1.54, 1.807) is 0 Å². The molecule has 0 aliphatic carbocycles. The maximum atomic E-state index is 5.56. The minimum Gasteiger partial charge on any atom is -0.370 e. The van der Waals surface area contributed by atoms with Crippen molar-refractivity contribution < 1.29 is 4.74 Å². The maximum absolute atomic E-state index is 5.56. The minimum atomic E-state index is 0.102. The Bertz CT molecular complexity index is 486. The molecule has 3 rings (SSSR count). The molecule has 0 saturated carbocycles. The Hall–Kier alpha value is -1.42. The molecule has 4 nitrogen and oxygen atoms in total. The van der Waals surface area contributed by atoms with Crippen LogP contribution in [0.1, 0.15) is 30.3 Å². The van der Waals surface area contributed by atoms with E-state index in [9.17, 15) is 0 Å². The predicted octanol–water partition coefficient (Wildman–Crippen LogP) is 1.89. The molecule has 1 aliphatic heterocycles. The third-order valence-corrected chi connectivity index (χ3v) is 2.71. The SMILES string of the molecule is Cc1ccc2nc(C3CCCO3)nn2c1. The first kappa shape index (κ1) is 8.85. The number of rotatable bonds is 1. The Morgan fingerprint density at radius 2 is 2.40 bits per heavy atom. The van der Waals surface area contributed by atoms with Gasteiger partial charge in [-0.1, -0.05) is 6.07 Å². The summed E-state index contributed by atoms with van der Waals surface area (Å²) < 4.78 is 7.39. The first-order valence-corrected chi connectivity index (χ1v) is 5.27. The second kappa shape index (κ2) is 3.31. The van der Waals surface area contributed by atoms with Crippen molar-refractivity contribution in [3.05, 3.63) is 29.7 Å². The Morgan fingerprint density at radius 3 is 3.20 bits per heavy atom.